The summed E-state index contributed by atoms with van der Waals surface area (Å²) in [6, 6.07) is 0.312. The maximum Gasteiger partial charge on any atom is 0.326 e. The number of thiol groups is 1. The van der Waals surface area contributed by atoms with E-state index < -0.39 is 71.8 Å². The van der Waals surface area contributed by atoms with Crippen molar-refractivity contribution in [1.29, 1.82) is 0 Å². The van der Waals surface area contributed by atoms with E-state index in [1.165, 1.54) is 12.5 Å². The number of carbonyl (C=O) groups is 6. The maximum atomic E-state index is 14.2. The van der Waals surface area contributed by atoms with Gasteiger partial charge in [-0.05, 0) is 49.1 Å². The first-order valence-corrected chi connectivity index (χ1v) is 19.8. The van der Waals surface area contributed by atoms with Crippen molar-refractivity contribution in [2.75, 3.05) is 12.3 Å². The van der Waals surface area contributed by atoms with Crippen LogP contribution in [0.1, 0.15) is 64.6 Å². The molecule has 0 aliphatic heterocycles. The third kappa shape index (κ3) is 15.0. The first-order valence-electron chi connectivity index (χ1n) is 19.2. The number of nitrogens with one attached hydrogen (secondary N) is 7. The second-order valence-corrected chi connectivity index (χ2v) is 15.4. The van der Waals surface area contributed by atoms with Gasteiger partial charge >= 0.3 is 5.97 Å². The number of guanidine groups is 1. The summed E-state index contributed by atoms with van der Waals surface area (Å²) in [5.74, 6) is -5.02. The summed E-state index contributed by atoms with van der Waals surface area (Å²) in [5, 5.41) is 24.1. The number of hydrogen-bond donors (Lipinski definition) is 12. The number of para-hydroxylation sites is 1. The molecule has 0 bridgehead atoms. The molecular weight excluding hydrogens is 769 g/mol. The summed E-state index contributed by atoms with van der Waals surface area (Å²) in [5.41, 5.74) is 18.9. The van der Waals surface area contributed by atoms with Gasteiger partial charge in [0, 0.05) is 54.1 Å². The summed E-state index contributed by atoms with van der Waals surface area (Å²) in [6.45, 7) is 7.46. The Labute approximate surface area is 342 Å². The number of fused-ring (bicyclic) bond motifs is 1. The maximum absolute atomic E-state index is 14.2. The molecule has 3 aromatic rings. The van der Waals surface area contributed by atoms with Gasteiger partial charge in [-0.1, -0.05) is 45.9 Å². The number of carboxylic acid groups (broad SMARTS) is 1. The highest BCUT2D eigenvalue weighted by Gasteiger charge is 2.34. The zero-order chi connectivity index (χ0) is 42.9. The molecule has 0 saturated carbocycles. The number of benzene rings is 1. The van der Waals surface area contributed by atoms with Gasteiger partial charge in [-0.2, -0.15) is 12.6 Å². The van der Waals surface area contributed by atoms with Crippen molar-refractivity contribution in [2.24, 2.45) is 34.0 Å². The second kappa shape index (κ2) is 22.9. The first kappa shape index (κ1) is 46.8. The Hall–Kier alpha value is -5.63. The molecule has 14 N–H and O–H groups in total. The highest BCUT2D eigenvalue weighted by molar-refractivity contribution is 7.80. The number of rotatable bonds is 24. The van der Waals surface area contributed by atoms with Crippen LogP contribution in [0.3, 0.4) is 0 Å². The Kier molecular flexibility index (Phi) is 18.5. The molecule has 0 radical (unpaired) electrons. The Bertz CT molecular complexity index is 1860. The fourth-order valence-corrected chi connectivity index (χ4v) is 6.34. The fraction of sp³-hybridized carbons (Fsp3) is 0.526. The molecule has 6 atom stereocenters. The van der Waals surface area contributed by atoms with E-state index in [1.807, 2.05) is 52.0 Å². The van der Waals surface area contributed by atoms with Gasteiger partial charge < -0.3 is 58.9 Å². The summed E-state index contributed by atoms with van der Waals surface area (Å²) in [7, 11) is 0. The van der Waals surface area contributed by atoms with Crippen LogP contribution in [0.2, 0.25) is 0 Å². The van der Waals surface area contributed by atoms with E-state index in [0.717, 1.165) is 10.9 Å². The number of amides is 5. The number of hydrogen-bond acceptors (Lipinski definition) is 10. The minimum Gasteiger partial charge on any atom is -0.480 e. The summed E-state index contributed by atoms with van der Waals surface area (Å²) < 4.78 is 0. The average molecular weight is 827 g/mol. The zero-order valence-electron chi connectivity index (χ0n) is 33.3. The fourth-order valence-electron chi connectivity index (χ4n) is 6.17. The van der Waals surface area contributed by atoms with Crippen LogP contribution in [0.25, 0.3) is 10.9 Å². The molecule has 0 saturated heterocycles. The number of nitrogens with two attached hydrogens (primary N) is 3. The molecule has 1 aromatic carbocycles. The lowest BCUT2D eigenvalue weighted by Gasteiger charge is -2.28. The number of carboxylic acids is 1. The molecule has 20 heteroatoms. The SMILES string of the molecule is CC(C)C[C@H](NC(=O)[C@H](Cc1c[nH]c2ccccc12)NC(=O)[C@H](CCCN=C(N)N)NC(=O)[C@H](CC(C)C)NC(=O)[C@H](Cc1cnc[nH]1)NC(=O)[C@@H](N)CS)C(=O)O. The molecule has 0 unspecified atom stereocenters. The molecule has 0 fully saturated rings. The van der Waals surface area contributed by atoms with Gasteiger partial charge in [-0.25, -0.2) is 9.78 Å². The smallest absolute Gasteiger partial charge is 0.326 e. The molecule has 2 heterocycles. The number of aromatic amines is 2. The average Bonchev–Trinajstić information content (AvgIpc) is 3.83. The van der Waals surface area contributed by atoms with Crippen molar-refractivity contribution < 1.29 is 33.9 Å². The van der Waals surface area contributed by atoms with Crippen molar-refractivity contribution in [3.05, 3.63) is 54.2 Å². The lowest BCUT2D eigenvalue weighted by molar-refractivity contribution is -0.142. The highest BCUT2D eigenvalue weighted by Crippen LogP contribution is 2.20. The largest absolute Gasteiger partial charge is 0.480 e. The lowest BCUT2D eigenvalue weighted by Crippen LogP contribution is -2.60. The molecule has 0 aliphatic carbocycles. The number of carbonyl (C=O) groups excluding carboxylic acids is 5. The van der Waals surface area contributed by atoms with E-state index >= 15 is 0 Å². The summed E-state index contributed by atoms with van der Waals surface area (Å²) >= 11 is 4.07. The Morgan fingerprint density at radius 3 is 1.93 bits per heavy atom. The van der Waals surface area contributed by atoms with Crippen LogP contribution < -0.4 is 43.8 Å². The Balaban J connectivity index is 1.92. The molecule has 0 aliphatic rings. The van der Waals surface area contributed by atoms with Crippen molar-refractivity contribution in [3.63, 3.8) is 0 Å². The Morgan fingerprint density at radius 2 is 1.33 bits per heavy atom. The standard InChI is InChI=1S/C38H58N12O7S/c1-20(2)12-28(48-36(55)30(15-23-17-42-19-45-23)47-32(51)25(39)18-58)34(53)46-27(10-7-11-43-38(40)41)33(52)49-29(35(54)50-31(37(56)57)13-21(3)4)14-22-16-44-26-9-6-5-8-24(22)26/h5-6,8-9,16-17,19-21,25,27-31,44,58H,7,10-15,18,39H2,1-4H3,(H,42,45)(H,46,53)(H,47,51)(H,48,55)(H,49,52)(H,50,54)(H,56,57)(H4,40,41,43)/t25-,27-,28-,29-,30-,31-/m0/s1. The van der Waals surface area contributed by atoms with Crippen molar-refractivity contribution >= 4 is 65.0 Å². The van der Waals surface area contributed by atoms with Gasteiger partial charge in [-0.3, -0.25) is 29.0 Å². The van der Waals surface area contributed by atoms with Crippen molar-refractivity contribution in [2.45, 2.75) is 102 Å². The van der Waals surface area contributed by atoms with E-state index in [9.17, 15) is 33.9 Å². The minimum atomic E-state index is -1.26. The quantitative estimate of drug-likeness (QED) is 0.0238. The van der Waals surface area contributed by atoms with Gasteiger partial charge in [0.15, 0.2) is 5.96 Å². The van der Waals surface area contributed by atoms with E-state index in [0.29, 0.717) is 11.3 Å². The normalized spacial score (nSPS) is 14.4. The highest BCUT2D eigenvalue weighted by atomic mass is 32.1. The lowest BCUT2D eigenvalue weighted by atomic mass is 10.00. The molecule has 3 rings (SSSR count). The van der Waals surface area contributed by atoms with Crippen LogP contribution in [0, 0.1) is 11.8 Å². The van der Waals surface area contributed by atoms with Crippen LogP contribution in [0.15, 0.2) is 48.0 Å². The predicted octanol–water partition coefficient (Wildman–Crippen LogP) is -0.412. The van der Waals surface area contributed by atoms with Gasteiger partial charge in [0.2, 0.25) is 29.5 Å². The number of nitrogens with zero attached hydrogens (tertiary/aromatic N) is 2. The van der Waals surface area contributed by atoms with Gasteiger partial charge in [0.05, 0.1) is 12.4 Å². The molecule has 5 amide bonds. The number of aliphatic carboxylic acids is 1. The van der Waals surface area contributed by atoms with Gasteiger partial charge in [0.1, 0.15) is 30.2 Å². The predicted molar refractivity (Wildman–Crippen MR) is 222 cm³/mol. The second-order valence-electron chi connectivity index (χ2n) is 15.0. The molecule has 0 spiro atoms. The number of aliphatic imine (C=N–C) groups is 1. The third-order valence-corrected chi connectivity index (χ3v) is 9.51. The van der Waals surface area contributed by atoms with E-state index in [-0.39, 0.29) is 68.6 Å². The topological polar surface area (TPSA) is 318 Å². The molecule has 318 valence electrons. The van der Waals surface area contributed by atoms with Crippen LogP contribution in [-0.4, -0.2) is 110 Å². The number of imidazole rings is 1. The molecule has 19 nitrogen and oxygen atoms in total. The van der Waals surface area contributed by atoms with Crippen molar-refractivity contribution in [1.82, 2.24) is 41.5 Å². The van der Waals surface area contributed by atoms with E-state index in [1.54, 1.807) is 6.20 Å². The van der Waals surface area contributed by atoms with Gasteiger partial charge in [-0.15, -0.1) is 0 Å². The molecular formula is C38H58N12O7S. The minimum absolute atomic E-state index is 0.00247. The summed E-state index contributed by atoms with van der Waals surface area (Å²) in [6.07, 6.45) is 5.16. The van der Waals surface area contributed by atoms with Crippen LogP contribution in [0.5, 0.6) is 0 Å². The molecule has 2 aromatic heterocycles. The zero-order valence-corrected chi connectivity index (χ0v) is 34.2. The van der Waals surface area contributed by atoms with Crippen LogP contribution >= 0.6 is 12.6 Å². The number of aromatic nitrogens is 3. The van der Waals surface area contributed by atoms with Crippen LogP contribution in [-0.2, 0) is 41.6 Å². The van der Waals surface area contributed by atoms with E-state index in [4.69, 9.17) is 17.2 Å². The monoisotopic (exact) mass is 826 g/mol. The summed E-state index contributed by atoms with van der Waals surface area (Å²) in [4.78, 5) is 94.7. The van der Waals surface area contributed by atoms with E-state index in [2.05, 4.69) is 59.2 Å². The third-order valence-electron chi connectivity index (χ3n) is 9.12. The first-order chi connectivity index (χ1) is 27.5. The van der Waals surface area contributed by atoms with Crippen molar-refractivity contribution in [3.8, 4) is 0 Å². The number of H-pyrrole nitrogens is 2. The van der Waals surface area contributed by atoms with Crippen LogP contribution in [0.4, 0.5) is 0 Å². The molecule has 58 heavy (non-hydrogen) atoms. The van der Waals surface area contributed by atoms with Gasteiger partial charge in [0.25, 0.3) is 0 Å². The Morgan fingerprint density at radius 1 is 0.776 bits per heavy atom.